The number of amidine groups is 1. The average Bonchev–Trinajstić information content (AvgIpc) is 3.54. The Morgan fingerprint density at radius 2 is 2.18 bits per heavy atom. The number of nitrogens with zero attached hydrogens (tertiary/aromatic N) is 3. The van der Waals surface area contributed by atoms with Crippen molar-refractivity contribution in [1.82, 2.24) is 9.97 Å². The van der Waals surface area contributed by atoms with E-state index in [2.05, 4.69) is 26.2 Å². The molecular weight excluding hydrogens is 464 g/mol. The number of benzene rings is 1. The number of hydrogen-bond donors (Lipinski definition) is 2. The van der Waals surface area contributed by atoms with Crippen LogP contribution in [0.15, 0.2) is 29.5 Å². The largest absolute Gasteiger partial charge is 0.463 e. The summed E-state index contributed by atoms with van der Waals surface area (Å²) >= 11 is 1.41. The molecule has 2 heterocycles. The number of thioether (sulfide) groups is 1. The second kappa shape index (κ2) is 9.19. The topological polar surface area (TPSA) is 112 Å². The molecule has 0 radical (unpaired) electrons. The molecule has 2 aromatic rings. The zero-order valence-corrected chi connectivity index (χ0v) is 19.4. The van der Waals surface area contributed by atoms with E-state index in [0.29, 0.717) is 19.6 Å². The molecule has 0 saturated heterocycles. The standard InChI is InChI=1S/C23H23F2N5O3S/c1-4-6-33-18-11-27-16(10-28-18)20(31)29-13-7-14(19(25)15(24)8-13)22(3)17-9-23(17,12-32-5-2)34-21(26)30-22/h1,7-8,10-11,17H,5-6,9,12H2,2-3H3,(H2,26,30)(H,29,31)/t17?,22-,23-/m1/s1. The number of nitrogens with one attached hydrogen (secondary N) is 1. The Hall–Kier alpha value is -3.23. The molecule has 3 N–H and O–H groups in total. The Morgan fingerprint density at radius 1 is 1.38 bits per heavy atom. The first kappa shape index (κ1) is 23.9. The van der Waals surface area contributed by atoms with Gasteiger partial charge in [0.15, 0.2) is 23.4 Å². The van der Waals surface area contributed by atoms with E-state index < -0.39 is 23.1 Å². The SMILES string of the molecule is C#CCOc1cnc(C(=O)Nc2cc(F)c(F)c([C@@]3(C)N=C(N)S[C@@]4(COCC)CC43)c2)cn1. The van der Waals surface area contributed by atoms with Crippen LogP contribution in [0.3, 0.4) is 0 Å². The molecule has 1 aromatic carbocycles. The van der Waals surface area contributed by atoms with Gasteiger partial charge in [-0.3, -0.25) is 9.79 Å². The third kappa shape index (κ3) is 4.43. The summed E-state index contributed by atoms with van der Waals surface area (Å²) in [6, 6.07) is 2.29. The third-order valence-corrected chi connectivity index (χ3v) is 7.18. The minimum absolute atomic E-state index is 0.00890. The number of rotatable bonds is 8. The van der Waals surface area contributed by atoms with Crippen LogP contribution in [0.5, 0.6) is 5.88 Å². The maximum Gasteiger partial charge on any atom is 0.275 e. The Kier molecular flexibility index (Phi) is 6.47. The number of nitrogens with two attached hydrogens (primary N) is 1. The second-order valence-electron chi connectivity index (χ2n) is 8.16. The zero-order valence-electron chi connectivity index (χ0n) is 18.6. The number of ether oxygens (including phenoxy) is 2. The zero-order chi connectivity index (χ0) is 24.5. The first-order valence-corrected chi connectivity index (χ1v) is 11.4. The van der Waals surface area contributed by atoms with Crippen LogP contribution in [-0.2, 0) is 10.3 Å². The lowest BCUT2D eigenvalue weighted by atomic mass is 9.85. The Bertz CT molecular complexity index is 1190. The van der Waals surface area contributed by atoms with Crippen molar-refractivity contribution in [3.05, 3.63) is 47.4 Å². The fourth-order valence-electron chi connectivity index (χ4n) is 4.21. The van der Waals surface area contributed by atoms with Crippen molar-refractivity contribution in [2.75, 3.05) is 25.1 Å². The molecule has 178 valence electrons. The first-order valence-electron chi connectivity index (χ1n) is 10.5. The predicted octanol–water partition coefficient (Wildman–Crippen LogP) is 3.09. The van der Waals surface area contributed by atoms with Gasteiger partial charge in [0.25, 0.3) is 5.91 Å². The van der Waals surface area contributed by atoms with E-state index in [1.165, 1.54) is 30.2 Å². The van der Waals surface area contributed by atoms with E-state index in [1.807, 2.05) is 6.92 Å². The highest BCUT2D eigenvalue weighted by molar-refractivity contribution is 8.15. The minimum atomic E-state index is -1.12. The van der Waals surface area contributed by atoms with Gasteiger partial charge in [0.05, 0.1) is 29.3 Å². The summed E-state index contributed by atoms with van der Waals surface area (Å²) in [5.74, 6) is -0.456. The summed E-state index contributed by atoms with van der Waals surface area (Å²) in [5, 5.41) is 2.82. The number of amides is 1. The van der Waals surface area contributed by atoms with Gasteiger partial charge in [0.1, 0.15) is 5.69 Å². The molecule has 1 aliphatic carbocycles. The molecule has 34 heavy (non-hydrogen) atoms. The van der Waals surface area contributed by atoms with Crippen LogP contribution in [0.25, 0.3) is 0 Å². The van der Waals surface area contributed by atoms with Gasteiger partial charge in [-0.15, -0.1) is 6.42 Å². The molecule has 1 fully saturated rings. The molecule has 0 bridgehead atoms. The predicted molar refractivity (Wildman–Crippen MR) is 125 cm³/mol. The number of aliphatic imine (C=N–C) groups is 1. The van der Waals surface area contributed by atoms with Crippen molar-refractivity contribution in [2.24, 2.45) is 16.6 Å². The maximum absolute atomic E-state index is 15.0. The number of halogens is 2. The Labute approximate surface area is 199 Å². The molecule has 0 spiro atoms. The molecule has 1 amide bonds. The van der Waals surface area contributed by atoms with E-state index in [4.69, 9.17) is 21.6 Å². The van der Waals surface area contributed by atoms with Crippen molar-refractivity contribution < 1.29 is 23.0 Å². The highest BCUT2D eigenvalue weighted by Crippen LogP contribution is 2.66. The van der Waals surface area contributed by atoms with Crippen molar-refractivity contribution in [2.45, 2.75) is 30.6 Å². The van der Waals surface area contributed by atoms with Gasteiger partial charge >= 0.3 is 0 Å². The summed E-state index contributed by atoms with van der Waals surface area (Å²) in [6.45, 7) is 4.59. The molecule has 11 heteroatoms. The lowest BCUT2D eigenvalue weighted by Gasteiger charge is -2.34. The van der Waals surface area contributed by atoms with E-state index in [0.717, 1.165) is 6.07 Å². The van der Waals surface area contributed by atoms with Gasteiger partial charge in [0.2, 0.25) is 5.88 Å². The highest BCUT2D eigenvalue weighted by atomic mass is 32.2. The highest BCUT2D eigenvalue weighted by Gasteiger charge is 2.66. The summed E-state index contributed by atoms with van der Waals surface area (Å²) in [6.07, 6.45) is 8.25. The van der Waals surface area contributed by atoms with Gasteiger partial charge in [-0.05, 0) is 26.3 Å². The summed E-state index contributed by atoms with van der Waals surface area (Å²) in [7, 11) is 0. The molecule has 1 saturated carbocycles. The molecule has 8 nitrogen and oxygen atoms in total. The molecule has 2 aliphatic rings. The summed E-state index contributed by atoms with van der Waals surface area (Å²) in [4.78, 5) is 25.0. The first-order chi connectivity index (χ1) is 16.2. The van der Waals surface area contributed by atoms with E-state index in [9.17, 15) is 9.18 Å². The van der Waals surface area contributed by atoms with Crippen LogP contribution in [0.1, 0.15) is 36.3 Å². The van der Waals surface area contributed by atoms with Crippen molar-refractivity contribution in [3.63, 3.8) is 0 Å². The molecular formula is C23H23F2N5O3S. The quantitative estimate of drug-likeness (QED) is 0.551. The molecule has 1 unspecified atom stereocenters. The van der Waals surface area contributed by atoms with Gasteiger partial charge in [-0.1, -0.05) is 17.7 Å². The van der Waals surface area contributed by atoms with Crippen LogP contribution in [0.4, 0.5) is 14.5 Å². The van der Waals surface area contributed by atoms with Gasteiger partial charge in [0, 0.05) is 29.8 Å². The maximum atomic E-state index is 15.0. The Balaban J connectivity index is 1.60. The van der Waals surface area contributed by atoms with E-state index >= 15 is 4.39 Å². The lowest BCUT2D eigenvalue weighted by molar-refractivity contribution is 0.102. The lowest BCUT2D eigenvalue weighted by Crippen LogP contribution is -2.38. The number of carbonyl (C=O) groups is 1. The van der Waals surface area contributed by atoms with Crippen LogP contribution < -0.4 is 15.8 Å². The molecule has 1 aromatic heterocycles. The van der Waals surface area contributed by atoms with Crippen LogP contribution in [0, 0.1) is 29.9 Å². The van der Waals surface area contributed by atoms with E-state index in [1.54, 1.807) is 6.92 Å². The molecule has 3 atom stereocenters. The number of carbonyl (C=O) groups excluding carboxylic acids is 1. The normalized spacial score (nSPS) is 25.0. The number of terminal acetylenes is 1. The van der Waals surface area contributed by atoms with E-state index in [-0.39, 0.29) is 45.3 Å². The van der Waals surface area contributed by atoms with Crippen molar-refractivity contribution >= 4 is 28.5 Å². The van der Waals surface area contributed by atoms with Crippen molar-refractivity contribution in [3.8, 4) is 18.2 Å². The van der Waals surface area contributed by atoms with Gasteiger partial charge in [-0.2, -0.15) is 0 Å². The van der Waals surface area contributed by atoms with Crippen LogP contribution >= 0.6 is 11.8 Å². The van der Waals surface area contributed by atoms with Crippen LogP contribution in [0.2, 0.25) is 0 Å². The number of hydrogen-bond acceptors (Lipinski definition) is 8. The van der Waals surface area contributed by atoms with Crippen molar-refractivity contribution in [1.29, 1.82) is 0 Å². The summed E-state index contributed by atoms with van der Waals surface area (Å²) < 4.78 is 40.1. The second-order valence-corrected chi connectivity index (χ2v) is 9.60. The number of fused-ring (bicyclic) bond motifs is 1. The summed E-state index contributed by atoms with van der Waals surface area (Å²) in [5.41, 5.74) is 4.99. The number of anilines is 1. The monoisotopic (exact) mass is 487 g/mol. The minimum Gasteiger partial charge on any atom is -0.463 e. The Morgan fingerprint density at radius 3 is 2.85 bits per heavy atom. The fraction of sp³-hybridized carbons (Fsp3) is 0.391. The fourth-order valence-corrected chi connectivity index (χ4v) is 5.62. The van der Waals surface area contributed by atoms with Gasteiger partial charge < -0.3 is 20.5 Å². The third-order valence-electron chi connectivity index (χ3n) is 5.90. The van der Waals surface area contributed by atoms with Crippen LogP contribution in [-0.4, -0.2) is 45.6 Å². The molecule has 4 rings (SSSR count). The smallest absolute Gasteiger partial charge is 0.275 e. The average molecular weight is 488 g/mol. The molecule has 1 aliphatic heterocycles. The number of aromatic nitrogens is 2. The van der Waals surface area contributed by atoms with Gasteiger partial charge in [-0.25, -0.2) is 18.7 Å².